The maximum absolute atomic E-state index is 6.06. The third-order valence-corrected chi connectivity index (χ3v) is 4.50. The summed E-state index contributed by atoms with van der Waals surface area (Å²) in [6.07, 6.45) is 9.22. The monoisotopic (exact) mass is 260 g/mol. The highest BCUT2D eigenvalue weighted by molar-refractivity contribution is 5.36. The molecule has 1 saturated heterocycles. The third-order valence-electron chi connectivity index (χ3n) is 4.50. The molecule has 104 valence electrons. The zero-order valence-electron chi connectivity index (χ0n) is 11.8. The summed E-state index contributed by atoms with van der Waals surface area (Å²) in [5.74, 6) is 1.53. The van der Waals surface area contributed by atoms with Crippen LogP contribution in [0, 0.1) is 0 Å². The van der Waals surface area contributed by atoms with E-state index in [4.69, 9.17) is 10.7 Å². The highest BCUT2D eigenvalue weighted by Crippen LogP contribution is 2.33. The highest BCUT2D eigenvalue weighted by atomic mass is 15.3. The number of anilines is 1. The van der Waals surface area contributed by atoms with Gasteiger partial charge in [-0.25, -0.2) is 9.97 Å². The van der Waals surface area contributed by atoms with Gasteiger partial charge in [0.1, 0.15) is 0 Å². The predicted octanol–water partition coefficient (Wildman–Crippen LogP) is 2.23. The minimum atomic E-state index is 0.273. The Labute approximate surface area is 115 Å². The van der Waals surface area contributed by atoms with E-state index in [1.54, 1.807) is 0 Å². The van der Waals surface area contributed by atoms with E-state index in [0.717, 1.165) is 38.3 Å². The molecule has 1 aliphatic carbocycles. The number of aromatic nitrogens is 2. The molecule has 1 aromatic rings. The molecular weight excluding hydrogens is 236 g/mol. The fraction of sp³-hybridized carbons (Fsp3) is 0.733. The molecule has 3 rings (SSSR count). The quantitative estimate of drug-likeness (QED) is 0.886. The van der Waals surface area contributed by atoms with Gasteiger partial charge in [-0.05, 0) is 44.1 Å². The number of nitrogens with zero attached hydrogens (tertiary/aromatic N) is 3. The Bertz CT molecular complexity index is 446. The Balaban J connectivity index is 1.87. The van der Waals surface area contributed by atoms with Crippen molar-refractivity contribution in [3.8, 4) is 0 Å². The van der Waals surface area contributed by atoms with Crippen molar-refractivity contribution in [1.82, 2.24) is 9.97 Å². The summed E-state index contributed by atoms with van der Waals surface area (Å²) in [4.78, 5) is 11.7. The largest absolute Gasteiger partial charge is 0.339 e. The van der Waals surface area contributed by atoms with Crippen molar-refractivity contribution < 1.29 is 0 Å². The molecule has 19 heavy (non-hydrogen) atoms. The van der Waals surface area contributed by atoms with Gasteiger partial charge < -0.3 is 10.6 Å². The fourth-order valence-electron chi connectivity index (χ4n) is 3.37. The molecule has 0 amide bonds. The Morgan fingerprint density at radius 3 is 3.05 bits per heavy atom. The maximum Gasteiger partial charge on any atom is 0.225 e. The standard InChI is InChI=1S/C15H24N4/c1-2-11-5-3-6-12-9-17-15(18-14(11)12)19-8-4-7-13(16)10-19/h9,11,13H,2-8,10,16H2,1H3. The van der Waals surface area contributed by atoms with Crippen LogP contribution < -0.4 is 10.6 Å². The minimum absolute atomic E-state index is 0.273. The van der Waals surface area contributed by atoms with Crippen LogP contribution in [0.4, 0.5) is 5.95 Å². The number of piperidine rings is 1. The van der Waals surface area contributed by atoms with Crippen LogP contribution in [0.1, 0.15) is 56.2 Å². The first-order valence-corrected chi connectivity index (χ1v) is 7.64. The van der Waals surface area contributed by atoms with Crippen LogP contribution in [-0.2, 0) is 6.42 Å². The normalized spacial score (nSPS) is 27.2. The van der Waals surface area contributed by atoms with Crippen LogP contribution in [-0.4, -0.2) is 29.1 Å². The lowest BCUT2D eigenvalue weighted by molar-refractivity contribution is 0.491. The molecule has 1 aliphatic heterocycles. The van der Waals surface area contributed by atoms with Gasteiger partial charge in [-0.2, -0.15) is 0 Å². The van der Waals surface area contributed by atoms with Gasteiger partial charge in [-0.3, -0.25) is 0 Å². The molecule has 0 saturated carbocycles. The second kappa shape index (κ2) is 5.45. The molecule has 0 bridgehead atoms. The Morgan fingerprint density at radius 2 is 2.26 bits per heavy atom. The topological polar surface area (TPSA) is 55.0 Å². The number of rotatable bonds is 2. The van der Waals surface area contributed by atoms with E-state index in [0.29, 0.717) is 5.92 Å². The fourth-order valence-corrected chi connectivity index (χ4v) is 3.37. The van der Waals surface area contributed by atoms with Crippen LogP contribution in [0.2, 0.25) is 0 Å². The molecular formula is C15H24N4. The molecule has 2 heterocycles. The van der Waals surface area contributed by atoms with Gasteiger partial charge in [0.2, 0.25) is 5.95 Å². The van der Waals surface area contributed by atoms with Crippen molar-refractivity contribution in [1.29, 1.82) is 0 Å². The Hall–Kier alpha value is -1.16. The number of nitrogens with two attached hydrogens (primary N) is 1. The third kappa shape index (κ3) is 2.59. The zero-order chi connectivity index (χ0) is 13.2. The second-order valence-electron chi connectivity index (χ2n) is 5.93. The molecule has 0 aromatic carbocycles. The van der Waals surface area contributed by atoms with Crippen LogP contribution in [0.25, 0.3) is 0 Å². The molecule has 2 N–H and O–H groups in total. The lowest BCUT2D eigenvalue weighted by Gasteiger charge is -2.32. The van der Waals surface area contributed by atoms with E-state index in [9.17, 15) is 0 Å². The summed E-state index contributed by atoms with van der Waals surface area (Å²) in [7, 11) is 0. The second-order valence-corrected chi connectivity index (χ2v) is 5.93. The van der Waals surface area contributed by atoms with Gasteiger partial charge in [-0.1, -0.05) is 6.92 Å². The first kappa shape index (κ1) is 12.9. The van der Waals surface area contributed by atoms with Gasteiger partial charge in [0, 0.05) is 31.2 Å². The summed E-state index contributed by atoms with van der Waals surface area (Å²) >= 11 is 0. The highest BCUT2D eigenvalue weighted by Gasteiger charge is 2.24. The minimum Gasteiger partial charge on any atom is -0.339 e. The van der Waals surface area contributed by atoms with E-state index in [2.05, 4.69) is 23.0 Å². The summed E-state index contributed by atoms with van der Waals surface area (Å²) < 4.78 is 0. The molecule has 4 heteroatoms. The van der Waals surface area contributed by atoms with Gasteiger partial charge in [0.15, 0.2) is 0 Å². The summed E-state index contributed by atoms with van der Waals surface area (Å²) in [6.45, 7) is 4.21. The summed E-state index contributed by atoms with van der Waals surface area (Å²) in [5.41, 5.74) is 8.72. The van der Waals surface area contributed by atoms with Gasteiger partial charge in [0.25, 0.3) is 0 Å². The van der Waals surface area contributed by atoms with Crippen molar-refractivity contribution in [3.63, 3.8) is 0 Å². The van der Waals surface area contributed by atoms with E-state index < -0.39 is 0 Å². The number of hydrogen-bond acceptors (Lipinski definition) is 4. The SMILES string of the molecule is CCC1CCCc2cnc(N3CCCC(N)C3)nc21. The van der Waals surface area contributed by atoms with Crippen molar-refractivity contribution in [3.05, 3.63) is 17.5 Å². The van der Waals surface area contributed by atoms with Gasteiger partial charge in [0.05, 0.1) is 5.69 Å². The van der Waals surface area contributed by atoms with Crippen molar-refractivity contribution in [2.75, 3.05) is 18.0 Å². The molecule has 4 nitrogen and oxygen atoms in total. The molecule has 2 atom stereocenters. The molecule has 2 unspecified atom stereocenters. The molecule has 1 aromatic heterocycles. The predicted molar refractivity (Wildman–Crippen MR) is 77.4 cm³/mol. The first-order valence-electron chi connectivity index (χ1n) is 7.64. The summed E-state index contributed by atoms with van der Waals surface area (Å²) in [5, 5.41) is 0. The number of hydrogen-bond donors (Lipinski definition) is 1. The smallest absolute Gasteiger partial charge is 0.225 e. The van der Waals surface area contributed by atoms with Crippen LogP contribution in [0.5, 0.6) is 0 Å². The van der Waals surface area contributed by atoms with E-state index in [-0.39, 0.29) is 6.04 Å². The van der Waals surface area contributed by atoms with E-state index >= 15 is 0 Å². The van der Waals surface area contributed by atoms with Crippen LogP contribution >= 0.6 is 0 Å². The van der Waals surface area contributed by atoms with Crippen molar-refractivity contribution >= 4 is 5.95 Å². The Kier molecular flexibility index (Phi) is 3.69. The lowest BCUT2D eigenvalue weighted by atomic mass is 9.86. The van der Waals surface area contributed by atoms with Crippen LogP contribution in [0.3, 0.4) is 0 Å². The molecule has 0 radical (unpaired) electrons. The zero-order valence-corrected chi connectivity index (χ0v) is 11.8. The first-order chi connectivity index (χ1) is 9.28. The van der Waals surface area contributed by atoms with Crippen molar-refractivity contribution in [2.24, 2.45) is 5.73 Å². The molecule has 0 spiro atoms. The van der Waals surface area contributed by atoms with Gasteiger partial charge >= 0.3 is 0 Å². The molecule has 2 aliphatic rings. The average Bonchev–Trinajstić information content (AvgIpc) is 2.46. The Morgan fingerprint density at radius 1 is 1.37 bits per heavy atom. The lowest BCUT2D eigenvalue weighted by Crippen LogP contribution is -2.43. The maximum atomic E-state index is 6.06. The van der Waals surface area contributed by atoms with Gasteiger partial charge in [-0.15, -0.1) is 0 Å². The van der Waals surface area contributed by atoms with Crippen LogP contribution in [0.15, 0.2) is 6.20 Å². The molecule has 1 fully saturated rings. The average molecular weight is 260 g/mol. The number of fused-ring (bicyclic) bond motifs is 1. The van der Waals surface area contributed by atoms with Crippen molar-refractivity contribution in [2.45, 2.75) is 57.4 Å². The van der Waals surface area contributed by atoms with E-state index in [1.165, 1.54) is 30.5 Å². The summed E-state index contributed by atoms with van der Waals surface area (Å²) in [6, 6.07) is 0.273. The van der Waals surface area contributed by atoms with E-state index in [1.807, 2.05) is 0 Å². The number of aryl methyl sites for hydroxylation is 1.